The lowest BCUT2D eigenvalue weighted by molar-refractivity contribution is 0.0693. The highest BCUT2D eigenvalue weighted by Gasteiger charge is 2.16. The van der Waals surface area contributed by atoms with Crippen LogP contribution in [0.2, 0.25) is 0 Å². The first-order chi connectivity index (χ1) is 10.1. The van der Waals surface area contributed by atoms with E-state index in [0.717, 1.165) is 18.9 Å². The van der Waals surface area contributed by atoms with Crippen LogP contribution in [0.3, 0.4) is 0 Å². The van der Waals surface area contributed by atoms with Crippen molar-refractivity contribution in [3.8, 4) is 0 Å². The lowest BCUT2D eigenvalue weighted by atomic mass is 10.1. The topological polar surface area (TPSA) is 87.7 Å². The molecule has 0 aromatic heterocycles. The third-order valence-corrected chi connectivity index (χ3v) is 2.65. The van der Waals surface area contributed by atoms with Gasteiger partial charge in [-0.15, -0.1) is 0 Å². The normalized spacial score (nSPS) is 10.2. The van der Waals surface area contributed by atoms with E-state index in [1.54, 1.807) is 0 Å². The first kappa shape index (κ1) is 16.9. The molecule has 0 fully saturated rings. The van der Waals surface area contributed by atoms with E-state index in [9.17, 15) is 14.0 Å². The van der Waals surface area contributed by atoms with Crippen molar-refractivity contribution in [2.75, 3.05) is 25.1 Å². The minimum Gasteiger partial charge on any atom is -0.478 e. The summed E-state index contributed by atoms with van der Waals surface area (Å²) in [7, 11) is 0. The first-order valence-corrected chi connectivity index (χ1v) is 6.70. The smallest absolute Gasteiger partial charge is 0.340 e. The summed E-state index contributed by atoms with van der Waals surface area (Å²) in [5, 5.41) is 13.7. The van der Waals surface area contributed by atoms with Crippen molar-refractivity contribution < 1.29 is 23.8 Å². The van der Waals surface area contributed by atoms with Gasteiger partial charge in [0.25, 0.3) is 0 Å². The Labute approximate surface area is 122 Å². The van der Waals surface area contributed by atoms with Crippen molar-refractivity contribution in [1.82, 2.24) is 5.32 Å². The number of urea groups is 1. The van der Waals surface area contributed by atoms with Crippen LogP contribution >= 0.6 is 0 Å². The zero-order valence-electron chi connectivity index (χ0n) is 11.8. The standard InChI is InChI=1S/C14H19FN2O4/c1-2-3-8-21-9-7-16-14(20)17-11-6-4-5-10(15)12(11)13(18)19/h4-6H,2-3,7-9H2,1H3,(H,18,19)(H2,16,17,20). The maximum Gasteiger partial charge on any atom is 0.340 e. The molecule has 0 aliphatic carbocycles. The highest BCUT2D eigenvalue weighted by Crippen LogP contribution is 2.18. The molecular formula is C14H19FN2O4. The van der Waals surface area contributed by atoms with Gasteiger partial charge in [0, 0.05) is 13.2 Å². The van der Waals surface area contributed by atoms with Gasteiger partial charge in [-0.3, -0.25) is 0 Å². The van der Waals surface area contributed by atoms with Gasteiger partial charge in [0.15, 0.2) is 0 Å². The zero-order valence-corrected chi connectivity index (χ0v) is 11.8. The van der Waals surface area contributed by atoms with E-state index in [0.29, 0.717) is 13.2 Å². The largest absolute Gasteiger partial charge is 0.478 e. The van der Waals surface area contributed by atoms with E-state index in [1.165, 1.54) is 12.1 Å². The third-order valence-electron chi connectivity index (χ3n) is 2.65. The number of nitrogens with one attached hydrogen (secondary N) is 2. The minimum absolute atomic E-state index is 0.0908. The molecule has 0 radical (unpaired) electrons. The van der Waals surface area contributed by atoms with Crippen molar-refractivity contribution in [3.05, 3.63) is 29.6 Å². The number of carbonyl (C=O) groups is 2. The van der Waals surface area contributed by atoms with Crippen LogP contribution in [0.4, 0.5) is 14.9 Å². The Hall–Kier alpha value is -2.15. The molecule has 116 valence electrons. The number of benzene rings is 1. The molecule has 21 heavy (non-hydrogen) atoms. The number of carboxylic acid groups (broad SMARTS) is 1. The predicted molar refractivity (Wildman–Crippen MR) is 76.1 cm³/mol. The monoisotopic (exact) mass is 298 g/mol. The number of rotatable bonds is 8. The molecule has 6 nitrogen and oxygen atoms in total. The van der Waals surface area contributed by atoms with E-state index >= 15 is 0 Å². The van der Waals surface area contributed by atoms with Gasteiger partial charge in [0.1, 0.15) is 11.4 Å². The van der Waals surface area contributed by atoms with Crippen LogP contribution in [0.25, 0.3) is 0 Å². The van der Waals surface area contributed by atoms with Crippen LogP contribution < -0.4 is 10.6 Å². The van der Waals surface area contributed by atoms with Crippen LogP contribution in [0.5, 0.6) is 0 Å². The molecule has 0 bridgehead atoms. The lowest BCUT2D eigenvalue weighted by Gasteiger charge is -2.10. The van der Waals surface area contributed by atoms with E-state index in [4.69, 9.17) is 9.84 Å². The van der Waals surface area contributed by atoms with E-state index in [-0.39, 0.29) is 12.2 Å². The molecular weight excluding hydrogens is 279 g/mol. The SMILES string of the molecule is CCCCOCCNC(=O)Nc1cccc(F)c1C(=O)O. The number of halogens is 1. The fourth-order valence-corrected chi connectivity index (χ4v) is 1.60. The average molecular weight is 298 g/mol. The second-order valence-corrected chi connectivity index (χ2v) is 4.31. The Morgan fingerprint density at radius 2 is 2.10 bits per heavy atom. The van der Waals surface area contributed by atoms with Gasteiger partial charge in [-0.2, -0.15) is 0 Å². The molecule has 0 aliphatic rings. The second kappa shape index (κ2) is 8.91. The number of hydrogen-bond donors (Lipinski definition) is 3. The lowest BCUT2D eigenvalue weighted by Crippen LogP contribution is -2.32. The molecule has 0 saturated carbocycles. The molecule has 0 aliphatic heterocycles. The maximum atomic E-state index is 13.4. The predicted octanol–water partition coefficient (Wildman–Crippen LogP) is 2.46. The number of ether oxygens (including phenoxy) is 1. The number of unbranched alkanes of at least 4 members (excludes halogenated alkanes) is 1. The summed E-state index contributed by atoms with van der Waals surface area (Å²) in [6.45, 7) is 3.33. The Morgan fingerprint density at radius 3 is 2.76 bits per heavy atom. The molecule has 1 aromatic carbocycles. The van der Waals surface area contributed by atoms with Crippen LogP contribution in [0, 0.1) is 5.82 Å². The molecule has 0 unspecified atom stereocenters. The Morgan fingerprint density at radius 1 is 1.33 bits per heavy atom. The summed E-state index contributed by atoms with van der Waals surface area (Å²) in [5.41, 5.74) is -0.654. The van der Waals surface area contributed by atoms with Gasteiger partial charge in [-0.25, -0.2) is 14.0 Å². The van der Waals surface area contributed by atoms with Crippen LogP contribution in [0.15, 0.2) is 18.2 Å². The van der Waals surface area contributed by atoms with Crippen molar-refractivity contribution in [2.24, 2.45) is 0 Å². The molecule has 1 rings (SSSR count). The van der Waals surface area contributed by atoms with E-state index < -0.39 is 23.4 Å². The van der Waals surface area contributed by atoms with Crippen LogP contribution in [-0.4, -0.2) is 36.9 Å². The summed E-state index contributed by atoms with van der Waals surface area (Å²) in [4.78, 5) is 22.5. The second-order valence-electron chi connectivity index (χ2n) is 4.31. The van der Waals surface area contributed by atoms with Crippen LogP contribution in [0.1, 0.15) is 30.1 Å². The Kier molecular flexibility index (Phi) is 7.17. The fraction of sp³-hybridized carbons (Fsp3) is 0.429. The molecule has 1 aromatic rings. The van der Waals surface area contributed by atoms with Gasteiger partial charge >= 0.3 is 12.0 Å². The van der Waals surface area contributed by atoms with Gasteiger partial charge in [-0.05, 0) is 18.6 Å². The number of anilines is 1. The fourth-order valence-electron chi connectivity index (χ4n) is 1.60. The number of amides is 2. The van der Waals surface area contributed by atoms with Gasteiger partial charge in [0.05, 0.1) is 12.3 Å². The van der Waals surface area contributed by atoms with E-state index in [1.807, 2.05) is 6.92 Å². The first-order valence-electron chi connectivity index (χ1n) is 6.70. The van der Waals surface area contributed by atoms with Crippen molar-refractivity contribution in [2.45, 2.75) is 19.8 Å². The minimum atomic E-state index is -1.44. The summed E-state index contributed by atoms with van der Waals surface area (Å²) in [6, 6.07) is 3.06. The van der Waals surface area contributed by atoms with E-state index in [2.05, 4.69) is 10.6 Å². The number of hydrogen-bond acceptors (Lipinski definition) is 3. The van der Waals surface area contributed by atoms with Gasteiger partial charge < -0.3 is 20.5 Å². The van der Waals surface area contributed by atoms with Crippen molar-refractivity contribution in [1.29, 1.82) is 0 Å². The Balaban J connectivity index is 2.45. The van der Waals surface area contributed by atoms with Crippen molar-refractivity contribution >= 4 is 17.7 Å². The Bertz CT molecular complexity index is 494. The summed E-state index contributed by atoms with van der Waals surface area (Å²) in [6.07, 6.45) is 1.99. The average Bonchev–Trinajstić information content (AvgIpc) is 2.42. The molecule has 0 spiro atoms. The number of carbonyl (C=O) groups excluding carboxylic acids is 1. The maximum absolute atomic E-state index is 13.4. The highest BCUT2D eigenvalue weighted by molar-refractivity contribution is 6.00. The highest BCUT2D eigenvalue weighted by atomic mass is 19.1. The summed E-state index contributed by atoms with van der Waals surface area (Å²) < 4.78 is 18.7. The molecule has 0 saturated heterocycles. The summed E-state index contributed by atoms with van der Waals surface area (Å²) in [5.74, 6) is -2.34. The third kappa shape index (κ3) is 5.78. The van der Waals surface area contributed by atoms with Crippen molar-refractivity contribution in [3.63, 3.8) is 0 Å². The number of aromatic carboxylic acids is 1. The summed E-state index contributed by atoms with van der Waals surface area (Å²) >= 11 is 0. The van der Waals surface area contributed by atoms with Gasteiger partial charge in [-0.1, -0.05) is 19.4 Å². The van der Waals surface area contributed by atoms with Gasteiger partial charge in [0.2, 0.25) is 0 Å². The van der Waals surface area contributed by atoms with Crippen LogP contribution in [-0.2, 0) is 4.74 Å². The molecule has 3 N–H and O–H groups in total. The molecule has 0 atom stereocenters. The zero-order chi connectivity index (χ0) is 15.7. The molecule has 0 heterocycles. The molecule has 2 amide bonds. The molecule has 7 heteroatoms. The quantitative estimate of drug-likeness (QED) is 0.643. The number of carboxylic acids is 1.